The Morgan fingerprint density at radius 1 is 0.707 bits per heavy atom. The molecule has 0 aliphatic rings. The first-order chi connectivity index (χ1) is 19.8. The van der Waals surface area contributed by atoms with Crippen LogP contribution in [0.5, 0.6) is 5.75 Å². The molecule has 208 valence electrons. The molecule has 4 rings (SSSR count). The first-order valence-corrected chi connectivity index (χ1v) is 13.8. The summed E-state index contributed by atoms with van der Waals surface area (Å²) in [5, 5.41) is 3.39. The third-order valence-corrected chi connectivity index (χ3v) is 11.1. The maximum absolute atomic E-state index is 7.50. The number of furan rings is 1. The van der Waals surface area contributed by atoms with E-state index in [0.717, 1.165) is 16.7 Å². The fourth-order valence-electron chi connectivity index (χ4n) is 4.10. The van der Waals surface area contributed by atoms with Crippen LogP contribution in [0, 0.1) is 33.3 Å². The van der Waals surface area contributed by atoms with Gasteiger partial charge in [-0.1, -0.05) is 0 Å². The summed E-state index contributed by atoms with van der Waals surface area (Å²) in [7, 11) is -1.06. The average molecular weight is 607 g/mol. The maximum atomic E-state index is 7.50. The monoisotopic (exact) mass is 606 g/mol. The van der Waals surface area contributed by atoms with Gasteiger partial charge in [-0.05, 0) is 0 Å². The van der Waals surface area contributed by atoms with Crippen molar-refractivity contribution in [3.8, 4) is 5.75 Å². The Morgan fingerprint density at radius 3 is 1.54 bits per heavy atom. The van der Waals surface area contributed by atoms with Gasteiger partial charge in [0.15, 0.2) is 0 Å². The zero-order chi connectivity index (χ0) is 32.1. The molecule has 0 spiro atoms. The Hall–Kier alpha value is -3.72. The fraction of sp³-hybridized carbons (Fsp3) is 0.161. The molecular weight excluding hydrogens is 580 g/mol. The van der Waals surface area contributed by atoms with Gasteiger partial charge in [0, 0.05) is 0 Å². The molecule has 1 aromatic heterocycles. The van der Waals surface area contributed by atoms with E-state index in [0.29, 0.717) is 10.3 Å². The second-order valence-electron chi connectivity index (χ2n) is 8.57. The summed E-state index contributed by atoms with van der Waals surface area (Å²) in [5.74, 6) is 1.49. The summed E-state index contributed by atoms with van der Waals surface area (Å²) in [5.41, 5.74) is 0.773. The third-order valence-electron chi connectivity index (χ3n) is 5.57. The second-order valence-corrected chi connectivity index (χ2v) is 13.4. The van der Waals surface area contributed by atoms with E-state index in [-0.39, 0.29) is 5.04 Å². The molecule has 0 fully saturated rings. The molecule has 0 unspecified atom stereocenters. The van der Waals surface area contributed by atoms with E-state index in [4.69, 9.17) is 36.8 Å². The van der Waals surface area contributed by atoms with Crippen LogP contribution < -0.4 is 14.8 Å². The minimum absolute atomic E-state index is 0.103. The van der Waals surface area contributed by atoms with Crippen molar-refractivity contribution in [1.29, 1.82) is 0 Å². The minimum atomic E-state index is -2.68. The summed E-state index contributed by atoms with van der Waals surface area (Å²) in [4.78, 5) is 0. The fourth-order valence-corrected chi connectivity index (χ4v) is 8.67. The standard InChI is InChI=1S/C26H26O3Si.5CO.Cr/c1-26(2,3)30(23-11-7-5-8-12-23,24-13-9-6-10-14-24)29-21-16-15-20-17-22(19-27-4)28-25(20)18-21;5*1-2;/h5-18H,1-4H3;;;;;;. The van der Waals surface area contributed by atoms with Crippen LogP contribution in [0.3, 0.4) is 0 Å². The van der Waals surface area contributed by atoms with E-state index in [1.165, 1.54) is 10.4 Å². The van der Waals surface area contributed by atoms with Crippen molar-refractivity contribution in [1.82, 2.24) is 0 Å². The van der Waals surface area contributed by atoms with Crippen LogP contribution in [-0.4, -0.2) is 20.0 Å². The van der Waals surface area contributed by atoms with Gasteiger partial charge < -0.3 is 0 Å². The Kier molecular flexibility index (Phi) is 20.3. The average Bonchev–Trinajstić information content (AvgIpc) is 3.48. The number of methoxy groups -OCH3 is 1. The van der Waals surface area contributed by atoms with Crippen molar-refractivity contribution in [2.45, 2.75) is 25.8 Å². The van der Waals surface area contributed by atoms with Crippen molar-refractivity contribution in [2.24, 2.45) is 0 Å². The van der Waals surface area contributed by atoms with Gasteiger partial charge >= 0.3 is 250 Å². The first-order valence-electron chi connectivity index (χ1n) is 11.3. The molecule has 0 N–H and O–H groups in total. The predicted molar refractivity (Wildman–Crippen MR) is 145 cm³/mol. The normalized spacial score (nSPS) is 9.41. The number of hydrogen-bond acceptors (Lipinski definition) is 3. The van der Waals surface area contributed by atoms with Crippen molar-refractivity contribution in [3.63, 3.8) is 0 Å². The van der Waals surface area contributed by atoms with Gasteiger partial charge in [0.25, 0.3) is 0 Å². The number of ether oxygens (including phenoxy) is 1. The number of hydrogen-bond donors (Lipinski definition) is 0. The van der Waals surface area contributed by atoms with Gasteiger partial charge in [-0.15, -0.1) is 0 Å². The van der Waals surface area contributed by atoms with E-state index >= 15 is 0 Å². The van der Waals surface area contributed by atoms with Gasteiger partial charge in [-0.2, -0.15) is 0 Å². The van der Waals surface area contributed by atoms with Crippen molar-refractivity contribution >= 4 is 34.2 Å². The number of rotatable bonds is 6. The molecule has 1 heterocycles. The third kappa shape index (κ3) is 10.0. The van der Waals surface area contributed by atoms with E-state index in [1.54, 1.807) is 7.11 Å². The summed E-state index contributed by atoms with van der Waals surface area (Å²) in [6.45, 7) is 29.3. The Morgan fingerprint density at radius 2 is 1.15 bits per heavy atom. The molecule has 3 aromatic carbocycles. The predicted octanol–water partition coefficient (Wildman–Crippen LogP) is 4.86. The summed E-state index contributed by atoms with van der Waals surface area (Å²) < 4.78 is 56.5. The molecule has 4 aromatic rings. The summed E-state index contributed by atoms with van der Waals surface area (Å²) in [6.07, 6.45) is 0. The van der Waals surface area contributed by atoms with E-state index < -0.39 is 8.32 Å². The van der Waals surface area contributed by atoms with Crippen LogP contribution in [0.25, 0.3) is 11.0 Å². The zero-order valence-electron chi connectivity index (χ0n) is 22.8. The molecule has 0 aliphatic heterocycles. The molecule has 0 saturated carbocycles. The van der Waals surface area contributed by atoms with Crippen molar-refractivity contribution in [2.75, 3.05) is 7.11 Å². The zero-order valence-corrected chi connectivity index (χ0v) is 25.0. The van der Waals surface area contributed by atoms with Crippen LogP contribution in [0.2, 0.25) is 5.04 Å². The van der Waals surface area contributed by atoms with Crippen LogP contribution in [0.4, 0.5) is 0 Å². The quantitative estimate of drug-likeness (QED) is 0.177. The van der Waals surface area contributed by atoms with Crippen molar-refractivity contribution in [3.05, 3.63) is 124 Å². The molecule has 0 aliphatic carbocycles. The molecular formula is C31H26CrO8Si. The van der Waals surface area contributed by atoms with Gasteiger partial charge in [0.1, 0.15) is 0 Å². The van der Waals surface area contributed by atoms with Crippen LogP contribution in [-0.2, 0) is 43.8 Å². The van der Waals surface area contributed by atoms with Crippen LogP contribution >= 0.6 is 0 Å². The summed E-state index contributed by atoms with van der Waals surface area (Å²) >= 11 is 2.90. The first kappa shape index (κ1) is 39.4. The Bertz CT molecular complexity index is 1360. The van der Waals surface area contributed by atoms with Gasteiger partial charge in [-0.25, -0.2) is 0 Å². The molecule has 0 bridgehead atoms. The van der Waals surface area contributed by atoms with Gasteiger partial charge in [0.2, 0.25) is 0 Å². The van der Waals surface area contributed by atoms with Gasteiger partial charge in [0.05, 0.1) is 0 Å². The number of benzene rings is 3. The molecule has 10 heteroatoms. The molecule has 0 atom stereocenters. The molecule has 0 radical (unpaired) electrons. The summed E-state index contributed by atoms with van der Waals surface area (Å²) in [6, 6.07) is 29.3. The SMILES string of the molecule is CO[C](=[Cr])c1cc2ccc(O[Si](c3ccccc3)(c3ccccc3)C(C)(C)C)cc2o1.[C-]#[O+].[C-]#[O+].[C-]#[O+].[C-]#[O+].[C-]#[O+]. The van der Waals surface area contributed by atoms with Crippen LogP contribution in [0.15, 0.2) is 89.3 Å². The Labute approximate surface area is 249 Å². The second kappa shape index (κ2) is 21.1. The molecule has 0 saturated heterocycles. The van der Waals surface area contributed by atoms with E-state index in [2.05, 4.69) is 131 Å². The number of fused-ring (bicyclic) bond motifs is 1. The van der Waals surface area contributed by atoms with E-state index in [1.807, 2.05) is 24.3 Å². The van der Waals surface area contributed by atoms with Crippen LogP contribution in [0.1, 0.15) is 26.5 Å². The van der Waals surface area contributed by atoms with Gasteiger partial charge in [-0.3, -0.25) is 0 Å². The van der Waals surface area contributed by atoms with E-state index in [9.17, 15) is 0 Å². The van der Waals surface area contributed by atoms with Crippen molar-refractivity contribution < 1.29 is 52.7 Å². The Balaban J connectivity index is 0. The molecule has 0 amide bonds. The topological polar surface area (TPSA) is 131 Å². The molecule has 8 nitrogen and oxygen atoms in total. The molecule has 41 heavy (non-hydrogen) atoms.